The van der Waals surface area contributed by atoms with Crippen molar-refractivity contribution in [3.05, 3.63) is 29.8 Å². The fraction of sp³-hybridized carbons (Fsp3) is 0.500. The smallest absolute Gasteiger partial charge is 0.108 e. The zero-order valence-electron chi connectivity index (χ0n) is 9.90. The second-order valence-corrected chi connectivity index (χ2v) is 6.75. The van der Waals surface area contributed by atoms with E-state index in [0.717, 1.165) is 26.1 Å². The SMILES string of the molecule is Cc1ccccc1SC1(C#N)CC2(COC2)C1. The fourth-order valence-corrected chi connectivity index (χ4v) is 4.41. The molecule has 0 atom stereocenters. The molecule has 0 amide bonds. The molecule has 1 saturated carbocycles. The Morgan fingerprint density at radius 1 is 1.29 bits per heavy atom. The highest BCUT2D eigenvalue weighted by Crippen LogP contribution is 2.60. The topological polar surface area (TPSA) is 33.0 Å². The Morgan fingerprint density at radius 2 is 2.00 bits per heavy atom. The lowest BCUT2D eigenvalue weighted by Gasteiger charge is -2.56. The van der Waals surface area contributed by atoms with Crippen molar-refractivity contribution in [3.8, 4) is 6.07 Å². The van der Waals surface area contributed by atoms with E-state index in [1.165, 1.54) is 10.5 Å². The van der Waals surface area contributed by atoms with Gasteiger partial charge in [0, 0.05) is 10.3 Å². The van der Waals surface area contributed by atoms with Crippen molar-refractivity contribution in [2.75, 3.05) is 13.2 Å². The number of hydrogen-bond donors (Lipinski definition) is 0. The number of benzene rings is 1. The van der Waals surface area contributed by atoms with Crippen LogP contribution in [0.1, 0.15) is 18.4 Å². The Bertz CT molecular complexity index is 479. The Hall–Kier alpha value is -0.980. The first-order valence-electron chi connectivity index (χ1n) is 5.91. The van der Waals surface area contributed by atoms with Crippen LogP contribution >= 0.6 is 11.8 Å². The maximum atomic E-state index is 9.43. The number of ether oxygens (including phenoxy) is 1. The first kappa shape index (κ1) is 11.1. The lowest BCUT2D eigenvalue weighted by atomic mass is 9.60. The van der Waals surface area contributed by atoms with E-state index in [2.05, 4.69) is 25.1 Å². The van der Waals surface area contributed by atoms with Gasteiger partial charge in [-0.05, 0) is 31.4 Å². The molecule has 3 rings (SSSR count). The molecule has 1 aliphatic carbocycles. The minimum atomic E-state index is -0.212. The average molecular weight is 245 g/mol. The molecule has 1 saturated heterocycles. The zero-order chi connectivity index (χ0) is 11.9. The molecular weight excluding hydrogens is 230 g/mol. The molecule has 0 N–H and O–H groups in total. The molecule has 1 heterocycles. The molecule has 1 aromatic carbocycles. The largest absolute Gasteiger partial charge is 0.380 e. The first-order chi connectivity index (χ1) is 8.17. The Kier molecular flexibility index (Phi) is 2.46. The van der Waals surface area contributed by atoms with Crippen LogP contribution in [0.3, 0.4) is 0 Å². The summed E-state index contributed by atoms with van der Waals surface area (Å²) in [5.41, 5.74) is 1.60. The summed E-state index contributed by atoms with van der Waals surface area (Å²) in [7, 11) is 0. The average Bonchev–Trinajstić information content (AvgIpc) is 2.23. The molecule has 3 heteroatoms. The molecule has 1 aliphatic heterocycles. The summed E-state index contributed by atoms with van der Waals surface area (Å²) in [6.07, 6.45) is 1.96. The van der Waals surface area contributed by atoms with Crippen molar-refractivity contribution in [3.63, 3.8) is 0 Å². The number of nitrogens with zero attached hydrogens (tertiary/aromatic N) is 1. The van der Waals surface area contributed by atoms with Crippen molar-refractivity contribution < 1.29 is 4.74 Å². The van der Waals surface area contributed by atoms with Crippen molar-refractivity contribution in [2.45, 2.75) is 29.4 Å². The van der Waals surface area contributed by atoms with Crippen LogP contribution in [0.25, 0.3) is 0 Å². The summed E-state index contributed by atoms with van der Waals surface area (Å²) in [6, 6.07) is 10.8. The highest BCUT2D eigenvalue weighted by Gasteiger charge is 2.59. The van der Waals surface area contributed by atoms with Gasteiger partial charge in [0.15, 0.2) is 0 Å². The van der Waals surface area contributed by atoms with Gasteiger partial charge in [0.25, 0.3) is 0 Å². The Labute approximate surface area is 106 Å². The molecule has 0 radical (unpaired) electrons. The van der Waals surface area contributed by atoms with Crippen LogP contribution in [0.2, 0.25) is 0 Å². The molecule has 1 aromatic rings. The van der Waals surface area contributed by atoms with Crippen molar-refractivity contribution >= 4 is 11.8 Å². The van der Waals surface area contributed by atoms with E-state index in [0.29, 0.717) is 5.41 Å². The third-order valence-electron chi connectivity index (χ3n) is 3.74. The number of hydrogen-bond acceptors (Lipinski definition) is 3. The summed E-state index contributed by atoms with van der Waals surface area (Å²) >= 11 is 1.74. The van der Waals surface area contributed by atoms with Gasteiger partial charge < -0.3 is 4.74 Å². The molecule has 1 spiro atoms. The Balaban J connectivity index is 1.76. The maximum absolute atomic E-state index is 9.43. The molecule has 0 aromatic heterocycles. The lowest BCUT2D eigenvalue weighted by molar-refractivity contribution is -0.161. The molecule has 2 nitrogen and oxygen atoms in total. The summed E-state index contributed by atoms with van der Waals surface area (Å²) in [6.45, 7) is 3.81. The third kappa shape index (κ3) is 1.76. The number of aryl methyl sites for hydroxylation is 1. The van der Waals surface area contributed by atoms with Crippen molar-refractivity contribution in [1.82, 2.24) is 0 Å². The third-order valence-corrected chi connectivity index (χ3v) is 5.19. The molecule has 0 bridgehead atoms. The van der Waals surface area contributed by atoms with E-state index in [9.17, 15) is 5.26 Å². The molecule has 2 aliphatic rings. The summed E-state index contributed by atoms with van der Waals surface area (Å²) in [5.74, 6) is 0. The zero-order valence-corrected chi connectivity index (χ0v) is 10.7. The standard InChI is InChI=1S/C14H15NOS/c1-11-4-2-3-5-12(11)17-14(8-15)6-13(7-14)9-16-10-13/h2-5H,6-7,9-10H2,1H3. The molecule has 88 valence electrons. The predicted octanol–water partition coefficient (Wildman–Crippen LogP) is 3.16. The molecule has 17 heavy (non-hydrogen) atoms. The second-order valence-electron chi connectivity index (χ2n) is 5.32. The predicted molar refractivity (Wildman–Crippen MR) is 67.9 cm³/mol. The van der Waals surface area contributed by atoms with Gasteiger partial charge in [-0.1, -0.05) is 18.2 Å². The van der Waals surface area contributed by atoms with Crippen molar-refractivity contribution in [1.29, 1.82) is 5.26 Å². The summed E-state index contributed by atoms with van der Waals surface area (Å²) in [5, 5.41) is 9.43. The van der Waals surface area contributed by atoms with Crippen molar-refractivity contribution in [2.24, 2.45) is 5.41 Å². The van der Waals surface area contributed by atoms with E-state index in [-0.39, 0.29) is 4.75 Å². The van der Waals surface area contributed by atoms with Crippen LogP contribution in [-0.4, -0.2) is 18.0 Å². The maximum Gasteiger partial charge on any atom is 0.108 e. The minimum absolute atomic E-state index is 0.212. The van der Waals surface area contributed by atoms with Crippen LogP contribution in [-0.2, 0) is 4.74 Å². The first-order valence-corrected chi connectivity index (χ1v) is 6.72. The van der Waals surface area contributed by atoms with Gasteiger partial charge in [0.2, 0.25) is 0 Å². The number of rotatable bonds is 2. The lowest BCUT2D eigenvalue weighted by Crippen LogP contribution is -2.59. The van der Waals surface area contributed by atoms with E-state index < -0.39 is 0 Å². The van der Waals surface area contributed by atoms with E-state index >= 15 is 0 Å². The van der Waals surface area contributed by atoms with Gasteiger partial charge in [-0.15, -0.1) is 11.8 Å². The fourth-order valence-electron chi connectivity index (χ4n) is 2.81. The van der Waals surface area contributed by atoms with Crippen LogP contribution in [0.15, 0.2) is 29.2 Å². The number of thioether (sulfide) groups is 1. The highest BCUT2D eigenvalue weighted by molar-refractivity contribution is 8.01. The monoisotopic (exact) mass is 245 g/mol. The van der Waals surface area contributed by atoms with Gasteiger partial charge in [-0.3, -0.25) is 0 Å². The van der Waals surface area contributed by atoms with Crippen LogP contribution in [0.5, 0.6) is 0 Å². The highest BCUT2D eigenvalue weighted by atomic mass is 32.2. The van der Waals surface area contributed by atoms with Crippen LogP contribution in [0.4, 0.5) is 0 Å². The van der Waals surface area contributed by atoms with E-state index in [1.807, 2.05) is 12.1 Å². The van der Waals surface area contributed by atoms with Gasteiger partial charge in [-0.25, -0.2) is 0 Å². The van der Waals surface area contributed by atoms with Crippen LogP contribution < -0.4 is 0 Å². The Morgan fingerprint density at radius 3 is 2.53 bits per heavy atom. The summed E-state index contributed by atoms with van der Waals surface area (Å²) in [4.78, 5) is 1.24. The van der Waals surface area contributed by atoms with Gasteiger partial charge in [-0.2, -0.15) is 5.26 Å². The van der Waals surface area contributed by atoms with Gasteiger partial charge in [0.1, 0.15) is 4.75 Å². The van der Waals surface area contributed by atoms with Crippen LogP contribution in [0, 0.1) is 23.7 Å². The quantitative estimate of drug-likeness (QED) is 0.802. The summed E-state index contributed by atoms with van der Waals surface area (Å²) < 4.78 is 5.06. The molecule has 2 fully saturated rings. The number of nitriles is 1. The second kappa shape index (κ2) is 3.76. The van der Waals surface area contributed by atoms with E-state index in [1.54, 1.807) is 11.8 Å². The molecule has 0 unspecified atom stereocenters. The minimum Gasteiger partial charge on any atom is -0.380 e. The normalized spacial score (nSPS) is 23.5. The van der Waals surface area contributed by atoms with Gasteiger partial charge in [0.05, 0.1) is 19.3 Å². The molecular formula is C14H15NOS. The van der Waals surface area contributed by atoms with Gasteiger partial charge >= 0.3 is 0 Å². The van der Waals surface area contributed by atoms with E-state index in [4.69, 9.17) is 4.74 Å².